The lowest BCUT2D eigenvalue weighted by atomic mass is 10.4. The summed E-state index contributed by atoms with van der Waals surface area (Å²) in [6.07, 6.45) is 6.00. The first-order valence-electron chi connectivity index (χ1n) is 7.25. The lowest BCUT2D eigenvalue weighted by Crippen LogP contribution is -2.12. The highest BCUT2D eigenvalue weighted by Gasteiger charge is 2.03. The molecule has 2 rings (SSSR count). The predicted molar refractivity (Wildman–Crippen MR) is 83.2 cm³/mol. The first-order chi connectivity index (χ1) is 9.81. The van der Waals surface area contributed by atoms with E-state index in [2.05, 4.69) is 36.4 Å². The standard InChI is InChI=1S/C15H23N3OS/c1-3-7-16-10-14-5-6-15(20-14)12-19-13-9-17-18(11-13)8-4-2/h5-6,9,11,16H,3-4,7-8,10,12H2,1-2H3. The van der Waals surface area contributed by atoms with Crippen LogP contribution in [0.5, 0.6) is 5.75 Å². The maximum absolute atomic E-state index is 5.76. The number of nitrogens with zero attached hydrogens (tertiary/aromatic N) is 2. The zero-order valence-electron chi connectivity index (χ0n) is 12.3. The van der Waals surface area contributed by atoms with Crippen molar-refractivity contribution >= 4 is 11.3 Å². The quantitative estimate of drug-likeness (QED) is 0.720. The van der Waals surface area contributed by atoms with Gasteiger partial charge in [-0.1, -0.05) is 13.8 Å². The zero-order chi connectivity index (χ0) is 14.2. The summed E-state index contributed by atoms with van der Waals surface area (Å²) in [4.78, 5) is 2.61. The maximum atomic E-state index is 5.76. The Labute approximate surface area is 124 Å². The van der Waals surface area contributed by atoms with Gasteiger partial charge in [-0.25, -0.2) is 0 Å². The van der Waals surface area contributed by atoms with Crippen LogP contribution in [-0.2, 0) is 19.7 Å². The monoisotopic (exact) mass is 293 g/mol. The smallest absolute Gasteiger partial charge is 0.157 e. The highest BCUT2D eigenvalue weighted by Crippen LogP contribution is 2.19. The summed E-state index contributed by atoms with van der Waals surface area (Å²) in [7, 11) is 0. The minimum absolute atomic E-state index is 0.621. The van der Waals surface area contributed by atoms with Gasteiger partial charge in [-0.15, -0.1) is 11.3 Å². The fourth-order valence-corrected chi connectivity index (χ4v) is 2.81. The van der Waals surface area contributed by atoms with E-state index in [1.807, 2.05) is 10.9 Å². The molecule has 2 aromatic heterocycles. The molecule has 5 heteroatoms. The molecule has 0 amide bonds. The van der Waals surface area contributed by atoms with Crippen molar-refractivity contribution in [3.8, 4) is 5.75 Å². The number of thiophene rings is 1. The number of nitrogens with one attached hydrogen (secondary N) is 1. The highest BCUT2D eigenvalue weighted by atomic mass is 32.1. The van der Waals surface area contributed by atoms with Crippen LogP contribution in [0.2, 0.25) is 0 Å². The molecule has 4 nitrogen and oxygen atoms in total. The van der Waals surface area contributed by atoms with Gasteiger partial charge >= 0.3 is 0 Å². The van der Waals surface area contributed by atoms with Crippen molar-refractivity contribution in [2.24, 2.45) is 0 Å². The largest absolute Gasteiger partial charge is 0.485 e. The Kier molecular flexibility index (Phi) is 6.08. The predicted octanol–water partition coefficient (Wildman–Crippen LogP) is 3.43. The molecular formula is C15H23N3OS. The van der Waals surface area contributed by atoms with Gasteiger partial charge in [-0.05, 0) is 31.5 Å². The molecule has 20 heavy (non-hydrogen) atoms. The number of hydrogen-bond donors (Lipinski definition) is 1. The summed E-state index contributed by atoms with van der Waals surface area (Å²) < 4.78 is 7.69. The van der Waals surface area contributed by atoms with Crippen LogP contribution in [-0.4, -0.2) is 16.3 Å². The Bertz CT molecular complexity index is 507. The molecule has 0 saturated carbocycles. The van der Waals surface area contributed by atoms with Gasteiger partial charge in [0.2, 0.25) is 0 Å². The van der Waals surface area contributed by atoms with E-state index in [4.69, 9.17) is 4.74 Å². The second kappa shape index (κ2) is 8.07. The van der Waals surface area contributed by atoms with E-state index < -0.39 is 0 Å². The van der Waals surface area contributed by atoms with Gasteiger partial charge in [-0.3, -0.25) is 4.68 Å². The molecule has 0 spiro atoms. The third-order valence-electron chi connectivity index (χ3n) is 2.89. The molecule has 2 aromatic rings. The van der Waals surface area contributed by atoms with Crippen LogP contribution < -0.4 is 10.1 Å². The minimum Gasteiger partial charge on any atom is -0.485 e. The van der Waals surface area contributed by atoms with Crippen LogP contribution in [0.4, 0.5) is 0 Å². The molecule has 110 valence electrons. The van der Waals surface area contributed by atoms with Crippen LogP contribution in [0.3, 0.4) is 0 Å². The second-order valence-electron chi connectivity index (χ2n) is 4.77. The molecule has 0 radical (unpaired) electrons. The SMILES string of the molecule is CCCNCc1ccc(COc2cnn(CCC)c2)s1. The number of hydrogen-bond acceptors (Lipinski definition) is 4. The Morgan fingerprint density at radius 1 is 1.25 bits per heavy atom. The van der Waals surface area contributed by atoms with Crippen molar-refractivity contribution < 1.29 is 4.74 Å². The second-order valence-corrected chi connectivity index (χ2v) is 6.03. The molecule has 2 heterocycles. The van der Waals surface area contributed by atoms with Gasteiger partial charge in [-0.2, -0.15) is 5.10 Å². The van der Waals surface area contributed by atoms with E-state index >= 15 is 0 Å². The summed E-state index contributed by atoms with van der Waals surface area (Å²) in [6, 6.07) is 4.32. The van der Waals surface area contributed by atoms with E-state index in [1.165, 1.54) is 16.2 Å². The first-order valence-corrected chi connectivity index (χ1v) is 8.07. The maximum Gasteiger partial charge on any atom is 0.157 e. The topological polar surface area (TPSA) is 39.1 Å². The summed E-state index contributed by atoms with van der Waals surface area (Å²) in [5.41, 5.74) is 0. The van der Waals surface area contributed by atoms with Crippen LogP contribution in [0.15, 0.2) is 24.5 Å². The van der Waals surface area contributed by atoms with Crippen LogP contribution >= 0.6 is 11.3 Å². The van der Waals surface area contributed by atoms with Crippen molar-refractivity contribution in [1.29, 1.82) is 0 Å². The average Bonchev–Trinajstić information content (AvgIpc) is 3.07. The Morgan fingerprint density at radius 2 is 2.10 bits per heavy atom. The molecular weight excluding hydrogens is 270 g/mol. The summed E-state index contributed by atoms with van der Waals surface area (Å²) >= 11 is 1.80. The van der Waals surface area contributed by atoms with E-state index in [9.17, 15) is 0 Å². The lowest BCUT2D eigenvalue weighted by molar-refractivity contribution is 0.309. The fraction of sp³-hybridized carbons (Fsp3) is 0.533. The van der Waals surface area contributed by atoms with Crippen LogP contribution in [0.25, 0.3) is 0 Å². The van der Waals surface area contributed by atoms with Crippen molar-refractivity contribution in [1.82, 2.24) is 15.1 Å². The van der Waals surface area contributed by atoms with Gasteiger partial charge in [0.25, 0.3) is 0 Å². The normalized spacial score (nSPS) is 10.9. The van der Waals surface area contributed by atoms with Crippen LogP contribution in [0, 0.1) is 0 Å². The van der Waals surface area contributed by atoms with Crippen molar-refractivity contribution in [2.75, 3.05) is 6.54 Å². The van der Waals surface area contributed by atoms with Crippen LogP contribution in [0.1, 0.15) is 36.4 Å². The van der Waals surface area contributed by atoms with E-state index in [1.54, 1.807) is 17.5 Å². The number of aromatic nitrogens is 2. The number of ether oxygens (including phenoxy) is 1. The summed E-state index contributed by atoms with van der Waals surface area (Å²) in [5, 5.41) is 7.67. The average molecular weight is 293 g/mol. The Balaban J connectivity index is 1.78. The molecule has 0 fully saturated rings. The molecule has 0 unspecified atom stereocenters. The summed E-state index contributed by atoms with van der Waals surface area (Å²) in [6.45, 7) is 7.90. The fourth-order valence-electron chi connectivity index (χ4n) is 1.91. The zero-order valence-corrected chi connectivity index (χ0v) is 13.1. The van der Waals surface area contributed by atoms with E-state index in [-0.39, 0.29) is 0 Å². The van der Waals surface area contributed by atoms with Gasteiger partial charge in [0.15, 0.2) is 5.75 Å². The van der Waals surface area contributed by atoms with E-state index in [0.717, 1.165) is 31.8 Å². The number of rotatable bonds is 9. The van der Waals surface area contributed by atoms with Crippen molar-refractivity contribution in [2.45, 2.75) is 46.4 Å². The molecule has 0 atom stereocenters. The van der Waals surface area contributed by atoms with Gasteiger partial charge < -0.3 is 10.1 Å². The van der Waals surface area contributed by atoms with E-state index in [0.29, 0.717) is 6.61 Å². The molecule has 0 aromatic carbocycles. The minimum atomic E-state index is 0.621. The van der Waals surface area contributed by atoms with Gasteiger partial charge in [0, 0.05) is 22.8 Å². The molecule has 0 saturated heterocycles. The molecule has 0 aliphatic heterocycles. The lowest BCUT2D eigenvalue weighted by Gasteiger charge is -2.01. The molecule has 1 N–H and O–H groups in total. The first kappa shape index (κ1) is 15.1. The van der Waals surface area contributed by atoms with Gasteiger partial charge in [0.1, 0.15) is 6.61 Å². The third kappa shape index (κ3) is 4.65. The molecule has 0 bridgehead atoms. The number of aryl methyl sites for hydroxylation is 1. The van der Waals surface area contributed by atoms with Crippen molar-refractivity contribution in [3.05, 3.63) is 34.3 Å². The van der Waals surface area contributed by atoms with Gasteiger partial charge in [0.05, 0.1) is 12.4 Å². The Morgan fingerprint density at radius 3 is 2.90 bits per heavy atom. The third-order valence-corrected chi connectivity index (χ3v) is 3.95. The molecule has 0 aliphatic rings. The van der Waals surface area contributed by atoms with Crippen molar-refractivity contribution in [3.63, 3.8) is 0 Å². The summed E-state index contributed by atoms with van der Waals surface area (Å²) in [5.74, 6) is 0.845. The highest BCUT2D eigenvalue weighted by molar-refractivity contribution is 7.11. The Hall–Kier alpha value is -1.33. The molecule has 0 aliphatic carbocycles.